The minimum absolute atomic E-state index is 0.0418. The Labute approximate surface area is 183 Å². The number of amides is 1. The third-order valence-electron chi connectivity index (χ3n) is 5.59. The molecule has 0 radical (unpaired) electrons. The number of carbonyl (C=O) groups excluding carboxylic acids is 2. The SMILES string of the molecule is CC(C)(C)C(=O)C1=C(O)C(=O)N(Cc2ccc(F)cc2)C1c1ccc(C(C)(C)C)cc1. The van der Waals surface area contributed by atoms with Crippen LogP contribution in [0.25, 0.3) is 0 Å². The van der Waals surface area contributed by atoms with Crippen molar-refractivity contribution in [2.45, 2.75) is 59.5 Å². The molecule has 0 spiro atoms. The van der Waals surface area contributed by atoms with E-state index in [4.69, 9.17) is 0 Å². The van der Waals surface area contributed by atoms with Crippen LogP contribution in [-0.4, -0.2) is 21.7 Å². The Morgan fingerprint density at radius 1 is 0.968 bits per heavy atom. The fourth-order valence-corrected chi connectivity index (χ4v) is 3.75. The van der Waals surface area contributed by atoms with Crippen LogP contribution in [0, 0.1) is 11.2 Å². The first-order valence-corrected chi connectivity index (χ1v) is 10.4. The van der Waals surface area contributed by atoms with Gasteiger partial charge in [-0.1, -0.05) is 77.9 Å². The summed E-state index contributed by atoms with van der Waals surface area (Å²) in [7, 11) is 0. The van der Waals surface area contributed by atoms with Gasteiger partial charge in [-0.05, 0) is 34.2 Å². The Hall–Kier alpha value is -2.95. The number of Topliss-reactive ketones (excluding diaryl/α,β-unsaturated/α-hetero) is 1. The van der Waals surface area contributed by atoms with Crippen LogP contribution in [0.3, 0.4) is 0 Å². The van der Waals surface area contributed by atoms with Gasteiger partial charge < -0.3 is 10.0 Å². The number of rotatable bonds is 4. The van der Waals surface area contributed by atoms with E-state index in [1.165, 1.54) is 17.0 Å². The number of aliphatic hydroxyl groups is 1. The zero-order chi connectivity index (χ0) is 23.1. The quantitative estimate of drug-likeness (QED) is 0.693. The van der Waals surface area contributed by atoms with Crippen molar-refractivity contribution in [2.75, 3.05) is 0 Å². The Morgan fingerprint density at radius 2 is 1.52 bits per heavy atom. The molecule has 2 aromatic carbocycles. The maximum Gasteiger partial charge on any atom is 0.290 e. The van der Waals surface area contributed by atoms with Crippen molar-refractivity contribution >= 4 is 11.7 Å². The van der Waals surface area contributed by atoms with Gasteiger partial charge in [-0.3, -0.25) is 9.59 Å². The predicted octanol–water partition coefficient (Wildman–Crippen LogP) is 5.63. The molecule has 1 unspecified atom stereocenters. The number of halogens is 1. The molecular weight excluding hydrogens is 393 g/mol. The maximum absolute atomic E-state index is 13.3. The van der Waals surface area contributed by atoms with Crippen LogP contribution in [0.5, 0.6) is 0 Å². The lowest BCUT2D eigenvalue weighted by Gasteiger charge is -2.29. The normalized spacial score (nSPS) is 17.5. The number of hydrogen-bond acceptors (Lipinski definition) is 3. The monoisotopic (exact) mass is 423 g/mol. The molecule has 0 saturated carbocycles. The number of ketones is 1. The number of benzene rings is 2. The highest BCUT2D eigenvalue weighted by molar-refractivity contribution is 6.10. The van der Waals surface area contributed by atoms with E-state index in [0.717, 1.165) is 11.1 Å². The summed E-state index contributed by atoms with van der Waals surface area (Å²) in [6.07, 6.45) is 0. The van der Waals surface area contributed by atoms with Crippen LogP contribution in [0.1, 0.15) is 64.3 Å². The smallest absolute Gasteiger partial charge is 0.290 e. The lowest BCUT2D eigenvalue weighted by molar-refractivity contribution is -0.130. The first-order valence-electron chi connectivity index (χ1n) is 10.4. The van der Waals surface area contributed by atoms with E-state index in [1.54, 1.807) is 32.9 Å². The number of aliphatic hydroxyl groups excluding tert-OH is 1. The van der Waals surface area contributed by atoms with Crippen LogP contribution >= 0.6 is 0 Å². The van der Waals surface area contributed by atoms with E-state index in [2.05, 4.69) is 20.8 Å². The number of nitrogens with zero attached hydrogens (tertiary/aromatic N) is 1. The van der Waals surface area contributed by atoms with Gasteiger partial charge in [0.25, 0.3) is 5.91 Å². The molecule has 5 heteroatoms. The summed E-state index contributed by atoms with van der Waals surface area (Å²) in [5.74, 6) is -1.74. The Kier molecular flexibility index (Phi) is 5.83. The zero-order valence-electron chi connectivity index (χ0n) is 19.0. The highest BCUT2D eigenvalue weighted by Gasteiger charge is 2.45. The largest absolute Gasteiger partial charge is 0.503 e. The van der Waals surface area contributed by atoms with Crippen LogP contribution in [0.4, 0.5) is 4.39 Å². The number of hydrogen-bond donors (Lipinski definition) is 1. The van der Waals surface area contributed by atoms with Crippen LogP contribution in [0.15, 0.2) is 59.9 Å². The number of carbonyl (C=O) groups is 2. The van der Waals surface area contributed by atoms with Crippen LogP contribution < -0.4 is 0 Å². The summed E-state index contributed by atoms with van der Waals surface area (Å²) in [6.45, 7) is 11.8. The molecule has 2 aromatic rings. The lowest BCUT2D eigenvalue weighted by atomic mass is 9.81. The summed E-state index contributed by atoms with van der Waals surface area (Å²) in [4.78, 5) is 27.7. The average molecular weight is 424 g/mol. The van der Waals surface area contributed by atoms with Crippen LogP contribution in [0.2, 0.25) is 0 Å². The molecule has 1 N–H and O–H groups in total. The second-order valence-corrected chi connectivity index (χ2v) is 10.2. The van der Waals surface area contributed by atoms with Crippen molar-refractivity contribution in [2.24, 2.45) is 5.41 Å². The standard InChI is InChI=1S/C26H30FNO3/c1-25(2,3)18-11-9-17(10-12-18)21-20(23(30)26(4,5)6)22(29)24(31)28(21)15-16-7-13-19(27)14-8-16/h7-14,21,29H,15H2,1-6H3. The summed E-state index contributed by atoms with van der Waals surface area (Å²) in [5.41, 5.74) is 1.90. The molecule has 0 saturated heterocycles. The van der Waals surface area contributed by atoms with Gasteiger partial charge in [-0.25, -0.2) is 4.39 Å². The van der Waals surface area contributed by atoms with E-state index in [1.807, 2.05) is 24.3 Å². The van der Waals surface area contributed by atoms with Crippen molar-refractivity contribution < 1.29 is 19.1 Å². The molecule has 3 rings (SSSR count). The second-order valence-electron chi connectivity index (χ2n) is 10.2. The predicted molar refractivity (Wildman–Crippen MR) is 119 cm³/mol. The Morgan fingerprint density at radius 3 is 2.00 bits per heavy atom. The van der Waals surface area contributed by atoms with Gasteiger partial charge in [-0.2, -0.15) is 0 Å². The first kappa shape index (κ1) is 22.7. The van der Waals surface area contributed by atoms with E-state index < -0.39 is 23.1 Å². The minimum atomic E-state index is -0.765. The Balaban J connectivity index is 2.09. The van der Waals surface area contributed by atoms with E-state index in [-0.39, 0.29) is 29.1 Å². The van der Waals surface area contributed by atoms with Gasteiger partial charge in [0.05, 0.1) is 11.6 Å². The average Bonchev–Trinajstić information content (AvgIpc) is 2.92. The summed E-state index contributed by atoms with van der Waals surface area (Å²) >= 11 is 0. The van der Waals surface area contributed by atoms with Crippen molar-refractivity contribution in [3.8, 4) is 0 Å². The third kappa shape index (κ3) is 4.55. The Bertz CT molecular complexity index is 1020. The molecule has 1 heterocycles. The zero-order valence-corrected chi connectivity index (χ0v) is 19.0. The van der Waals surface area contributed by atoms with Gasteiger partial charge in [0, 0.05) is 12.0 Å². The molecule has 0 aliphatic carbocycles. The van der Waals surface area contributed by atoms with Crippen molar-refractivity contribution in [3.63, 3.8) is 0 Å². The topological polar surface area (TPSA) is 57.6 Å². The third-order valence-corrected chi connectivity index (χ3v) is 5.59. The lowest BCUT2D eigenvalue weighted by Crippen LogP contribution is -2.32. The fourth-order valence-electron chi connectivity index (χ4n) is 3.75. The second kappa shape index (κ2) is 7.95. The fraction of sp³-hybridized carbons (Fsp3) is 0.385. The van der Waals surface area contributed by atoms with Crippen molar-refractivity contribution in [1.82, 2.24) is 4.90 Å². The molecule has 164 valence electrons. The summed E-state index contributed by atoms with van der Waals surface area (Å²) < 4.78 is 13.3. The molecule has 1 amide bonds. The van der Waals surface area contributed by atoms with E-state index in [0.29, 0.717) is 5.56 Å². The van der Waals surface area contributed by atoms with Crippen molar-refractivity contribution in [1.29, 1.82) is 0 Å². The molecule has 4 nitrogen and oxygen atoms in total. The molecule has 0 aromatic heterocycles. The molecule has 1 aliphatic rings. The van der Waals surface area contributed by atoms with Gasteiger partial charge in [0.2, 0.25) is 0 Å². The first-order chi connectivity index (χ1) is 14.3. The van der Waals surface area contributed by atoms with Gasteiger partial charge in [0.1, 0.15) is 5.82 Å². The van der Waals surface area contributed by atoms with E-state index in [9.17, 15) is 19.1 Å². The molecule has 1 aliphatic heterocycles. The van der Waals surface area contributed by atoms with Gasteiger partial charge in [-0.15, -0.1) is 0 Å². The highest BCUT2D eigenvalue weighted by Crippen LogP contribution is 2.42. The van der Waals surface area contributed by atoms with Crippen molar-refractivity contribution in [3.05, 3.63) is 82.4 Å². The molecule has 31 heavy (non-hydrogen) atoms. The van der Waals surface area contributed by atoms with Crippen LogP contribution in [-0.2, 0) is 21.5 Å². The summed E-state index contributed by atoms with van der Waals surface area (Å²) in [5, 5.41) is 10.7. The highest BCUT2D eigenvalue weighted by atomic mass is 19.1. The van der Waals surface area contributed by atoms with Gasteiger partial charge >= 0.3 is 0 Å². The molecular formula is C26H30FNO3. The van der Waals surface area contributed by atoms with E-state index >= 15 is 0 Å². The minimum Gasteiger partial charge on any atom is -0.503 e. The molecule has 1 atom stereocenters. The van der Waals surface area contributed by atoms with Gasteiger partial charge in [0.15, 0.2) is 11.5 Å². The maximum atomic E-state index is 13.3. The summed E-state index contributed by atoms with van der Waals surface area (Å²) in [6, 6.07) is 12.9. The molecule has 0 bridgehead atoms. The molecule has 0 fully saturated rings.